The highest BCUT2D eigenvalue weighted by molar-refractivity contribution is 7.98. The van der Waals surface area contributed by atoms with Crippen LogP contribution in [-0.4, -0.2) is 44.9 Å². The average molecular weight is 451 g/mol. The molecular weight excluding hydrogens is 420 g/mol. The highest BCUT2D eigenvalue weighted by atomic mass is 32.2. The number of aryl methyl sites for hydroxylation is 1. The summed E-state index contributed by atoms with van der Waals surface area (Å²) < 4.78 is 2.04. The van der Waals surface area contributed by atoms with E-state index >= 15 is 0 Å². The second-order valence-corrected chi connectivity index (χ2v) is 9.56. The van der Waals surface area contributed by atoms with Gasteiger partial charge in [0.2, 0.25) is 11.8 Å². The fraction of sp³-hybridized carbons (Fsp3) is 0.400. The number of hydrogen-bond acceptors (Lipinski definition) is 4. The van der Waals surface area contributed by atoms with Crippen LogP contribution in [0.1, 0.15) is 42.6 Å². The monoisotopic (exact) mass is 450 g/mol. The SMILES string of the molecule is CSc1ccc(CC2(CCC(=O)N(C)Cc3c(C)nc4ccccn34)CCC(=O)N2)cc1. The zero-order chi connectivity index (χ0) is 22.7. The van der Waals surface area contributed by atoms with Gasteiger partial charge in [-0.3, -0.25) is 9.59 Å². The number of pyridine rings is 1. The molecule has 7 heteroatoms. The van der Waals surface area contributed by atoms with Crippen LogP contribution in [0.2, 0.25) is 0 Å². The topological polar surface area (TPSA) is 66.7 Å². The lowest BCUT2D eigenvalue weighted by atomic mass is 9.85. The molecule has 1 aliphatic heterocycles. The first kappa shape index (κ1) is 22.4. The number of nitrogens with zero attached hydrogens (tertiary/aromatic N) is 3. The van der Waals surface area contributed by atoms with Gasteiger partial charge in [0.05, 0.1) is 17.9 Å². The van der Waals surface area contributed by atoms with Crippen molar-refractivity contribution in [2.75, 3.05) is 13.3 Å². The lowest BCUT2D eigenvalue weighted by Crippen LogP contribution is -2.44. The molecule has 1 N–H and O–H groups in total. The molecule has 1 saturated heterocycles. The summed E-state index contributed by atoms with van der Waals surface area (Å²) in [5.74, 6) is 0.154. The summed E-state index contributed by atoms with van der Waals surface area (Å²) in [5, 5.41) is 3.19. The number of imidazole rings is 1. The van der Waals surface area contributed by atoms with Crippen molar-refractivity contribution in [3.05, 3.63) is 65.6 Å². The molecule has 4 rings (SSSR count). The number of benzene rings is 1. The van der Waals surface area contributed by atoms with Crippen LogP contribution in [0.15, 0.2) is 53.6 Å². The molecular formula is C25H30N4O2S. The van der Waals surface area contributed by atoms with E-state index in [1.54, 1.807) is 16.7 Å². The Morgan fingerprint density at radius 3 is 2.72 bits per heavy atom. The summed E-state index contributed by atoms with van der Waals surface area (Å²) in [7, 11) is 1.84. The number of carbonyl (C=O) groups excluding carboxylic acids is 2. The van der Waals surface area contributed by atoms with Crippen molar-refractivity contribution in [2.45, 2.75) is 56.0 Å². The van der Waals surface area contributed by atoms with E-state index in [2.05, 4.69) is 40.8 Å². The first-order chi connectivity index (χ1) is 15.4. The van der Waals surface area contributed by atoms with E-state index in [1.807, 2.05) is 42.8 Å². The standard InChI is InChI=1S/C25H30N4O2S/c1-18-21(29-15-5-4-6-22(29)26-18)17-28(2)24(31)12-14-25(13-11-23(30)27-25)16-19-7-9-20(32-3)10-8-19/h4-10,15H,11-14,16-17H2,1-3H3,(H,27,30). The minimum absolute atomic E-state index is 0.0768. The Bertz CT molecular complexity index is 1120. The summed E-state index contributed by atoms with van der Waals surface area (Å²) in [5.41, 5.74) is 3.68. The number of aromatic nitrogens is 2. The number of hydrogen-bond donors (Lipinski definition) is 1. The second-order valence-electron chi connectivity index (χ2n) is 8.68. The molecule has 1 fully saturated rings. The minimum Gasteiger partial charge on any atom is -0.350 e. The molecule has 1 aromatic carbocycles. The van der Waals surface area contributed by atoms with E-state index < -0.39 is 0 Å². The minimum atomic E-state index is -0.353. The van der Waals surface area contributed by atoms with E-state index in [4.69, 9.17) is 0 Å². The Hall–Kier alpha value is -2.80. The first-order valence-electron chi connectivity index (χ1n) is 11.0. The van der Waals surface area contributed by atoms with Crippen LogP contribution >= 0.6 is 11.8 Å². The van der Waals surface area contributed by atoms with Crippen molar-refractivity contribution in [1.82, 2.24) is 19.6 Å². The lowest BCUT2D eigenvalue weighted by molar-refractivity contribution is -0.131. The van der Waals surface area contributed by atoms with Crippen molar-refractivity contribution in [3.8, 4) is 0 Å². The third-order valence-electron chi connectivity index (χ3n) is 6.40. The van der Waals surface area contributed by atoms with Gasteiger partial charge in [-0.25, -0.2) is 4.98 Å². The van der Waals surface area contributed by atoms with Crippen molar-refractivity contribution >= 4 is 29.2 Å². The molecule has 3 heterocycles. The lowest BCUT2D eigenvalue weighted by Gasteiger charge is -2.30. The molecule has 1 aliphatic rings. The van der Waals surface area contributed by atoms with Gasteiger partial charge in [-0.15, -0.1) is 11.8 Å². The van der Waals surface area contributed by atoms with E-state index in [0.29, 0.717) is 25.8 Å². The molecule has 1 unspecified atom stereocenters. The Morgan fingerprint density at radius 2 is 2.03 bits per heavy atom. The summed E-state index contributed by atoms with van der Waals surface area (Å²) in [6.07, 6.45) is 7.11. The summed E-state index contributed by atoms with van der Waals surface area (Å²) in [6.45, 7) is 2.48. The van der Waals surface area contributed by atoms with Gasteiger partial charge in [-0.05, 0) is 62.3 Å². The quantitative estimate of drug-likeness (QED) is 0.527. The Morgan fingerprint density at radius 1 is 1.25 bits per heavy atom. The molecule has 0 aliphatic carbocycles. The largest absolute Gasteiger partial charge is 0.350 e. The molecule has 1 atom stereocenters. The number of nitrogens with one attached hydrogen (secondary N) is 1. The van der Waals surface area contributed by atoms with Crippen LogP contribution in [0.5, 0.6) is 0 Å². The molecule has 2 aromatic heterocycles. The van der Waals surface area contributed by atoms with Crippen molar-refractivity contribution < 1.29 is 9.59 Å². The average Bonchev–Trinajstić information content (AvgIpc) is 3.32. The molecule has 0 saturated carbocycles. The molecule has 32 heavy (non-hydrogen) atoms. The highest BCUT2D eigenvalue weighted by Crippen LogP contribution is 2.30. The van der Waals surface area contributed by atoms with E-state index in [1.165, 1.54) is 10.5 Å². The Balaban J connectivity index is 1.42. The fourth-order valence-corrected chi connectivity index (χ4v) is 4.93. The van der Waals surface area contributed by atoms with Crippen LogP contribution in [0.25, 0.3) is 5.65 Å². The number of thioether (sulfide) groups is 1. The predicted molar refractivity (Wildman–Crippen MR) is 128 cm³/mol. The van der Waals surface area contributed by atoms with E-state index in [-0.39, 0.29) is 17.4 Å². The van der Waals surface area contributed by atoms with Crippen LogP contribution in [0, 0.1) is 6.92 Å². The molecule has 3 aromatic rings. The van der Waals surface area contributed by atoms with Gasteiger partial charge in [-0.1, -0.05) is 18.2 Å². The number of rotatable bonds is 8. The number of amides is 2. The van der Waals surface area contributed by atoms with Gasteiger partial charge < -0.3 is 14.6 Å². The maximum Gasteiger partial charge on any atom is 0.222 e. The fourth-order valence-electron chi connectivity index (χ4n) is 4.52. The van der Waals surface area contributed by atoms with Gasteiger partial charge in [0.25, 0.3) is 0 Å². The zero-order valence-electron chi connectivity index (χ0n) is 18.9. The van der Waals surface area contributed by atoms with Crippen LogP contribution in [0.4, 0.5) is 0 Å². The third-order valence-corrected chi connectivity index (χ3v) is 7.14. The zero-order valence-corrected chi connectivity index (χ0v) is 19.7. The third kappa shape index (κ3) is 4.83. The van der Waals surface area contributed by atoms with Gasteiger partial charge >= 0.3 is 0 Å². The normalized spacial score (nSPS) is 18.2. The Labute approximate surface area is 193 Å². The van der Waals surface area contributed by atoms with Gasteiger partial charge in [-0.2, -0.15) is 0 Å². The number of carbonyl (C=O) groups is 2. The van der Waals surface area contributed by atoms with Crippen molar-refractivity contribution in [2.24, 2.45) is 0 Å². The second kappa shape index (κ2) is 9.36. The molecule has 2 amide bonds. The van der Waals surface area contributed by atoms with Crippen molar-refractivity contribution in [1.29, 1.82) is 0 Å². The van der Waals surface area contributed by atoms with Gasteiger partial charge in [0.1, 0.15) is 5.65 Å². The van der Waals surface area contributed by atoms with Crippen LogP contribution < -0.4 is 5.32 Å². The Kier molecular flexibility index (Phi) is 6.55. The van der Waals surface area contributed by atoms with Gasteiger partial charge in [0, 0.05) is 36.5 Å². The number of fused-ring (bicyclic) bond motifs is 1. The molecule has 0 bridgehead atoms. The maximum absolute atomic E-state index is 13.0. The summed E-state index contributed by atoms with van der Waals surface area (Å²) in [4.78, 5) is 32.7. The molecule has 168 valence electrons. The smallest absolute Gasteiger partial charge is 0.222 e. The predicted octanol–water partition coefficient (Wildman–Crippen LogP) is 3.99. The maximum atomic E-state index is 13.0. The van der Waals surface area contributed by atoms with E-state index in [9.17, 15) is 9.59 Å². The first-order valence-corrected chi connectivity index (χ1v) is 12.2. The molecule has 6 nitrogen and oxygen atoms in total. The summed E-state index contributed by atoms with van der Waals surface area (Å²) in [6, 6.07) is 14.4. The highest BCUT2D eigenvalue weighted by Gasteiger charge is 2.38. The molecule has 0 spiro atoms. The van der Waals surface area contributed by atoms with Crippen LogP contribution in [-0.2, 0) is 22.6 Å². The van der Waals surface area contributed by atoms with Gasteiger partial charge in [0.15, 0.2) is 0 Å². The summed E-state index contributed by atoms with van der Waals surface area (Å²) >= 11 is 1.71. The van der Waals surface area contributed by atoms with E-state index in [0.717, 1.165) is 29.9 Å². The van der Waals surface area contributed by atoms with Crippen molar-refractivity contribution in [3.63, 3.8) is 0 Å². The van der Waals surface area contributed by atoms with Crippen LogP contribution in [0.3, 0.4) is 0 Å². The molecule has 0 radical (unpaired) electrons.